The van der Waals surface area contributed by atoms with Crippen molar-refractivity contribution in [2.75, 3.05) is 6.61 Å². The smallest absolute Gasteiger partial charge is 0.200 e. The van der Waals surface area contributed by atoms with Crippen molar-refractivity contribution in [1.82, 2.24) is 4.98 Å². The Morgan fingerprint density at radius 2 is 2.20 bits per heavy atom. The number of sulfone groups is 1. The second kappa shape index (κ2) is 5.03. The average Bonchev–Trinajstić information content (AvgIpc) is 2.95. The zero-order chi connectivity index (χ0) is 14.2. The Bertz CT molecular complexity index is 775. The van der Waals surface area contributed by atoms with Crippen molar-refractivity contribution in [2.24, 2.45) is 0 Å². The van der Waals surface area contributed by atoms with Gasteiger partial charge in [-0.25, -0.2) is 13.4 Å². The zero-order valence-electron chi connectivity index (χ0n) is 10.9. The first-order valence-corrected chi connectivity index (χ1v) is 8.58. The summed E-state index contributed by atoms with van der Waals surface area (Å²) in [6.45, 7) is 2.48. The second-order valence-corrected chi connectivity index (χ2v) is 7.22. The predicted octanol–water partition coefficient (Wildman–Crippen LogP) is 2.83. The molecule has 0 atom stereocenters. The van der Waals surface area contributed by atoms with Gasteiger partial charge in [-0.3, -0.25) is 0 Å². The summed E-state index contributed by atoms with van der Waals surface area (Å²) in [5.41, 5.74) is 3.49. The van der Waals surface area contributed by atoms with Gasteiger partial charge in [-0.15, -0.1) is 11.3 Å². The quantitative estimate of drug-likeness (QED) is 0.871. The van der Waals surface area contributed by atoms with E-state index in [0.29, 0.717) is 22.8 Å². The molecule has 1 aromatic carbocycles. The molecule has 1 aromatic heterocycles. The van der Waals surface area contributed by atoms with E-state index < -0.39 is 9.84 Å². The number of rotatable bonds is 4. The molecule has 0 spiro atoms. The van der Waals surface area contributed by atoms with Crippen molar-refractivity contribution in [3.8, 4) is 5.75 Å². The molecular formula is C14H13NO3S2. The summed E-state index contributed by atoms with van der Waals surface area (Å²) in [6.07, 6.45) is 2.37. The molecule has 0 saturated carbocycles. The molecule has 0 amide bonds. The van der Waals surface area contributed by atoms with Crippen molar-refractivity contribution < 1.29 is 13.2 Å². The van der Waals surface area contributed by atoms with Crippen molar-refractivity contribution in [3.05, 3.63) is 45.3 Å². The lowest BCUT2D eigenvalue weighted by Gasteiger charge is -2.09. The Balaban J connectivity index is 1.75. The number of aromatic nitrogens is 1. The number of aryl methyl sites for hydroxylation is 1. The third-order valence-electron chi connectivity index (χ3n) is 3.18. The van der Waals surface area contributed by atoms with E-state index in [4.69, 9.17) is 4.74 Å². The normalized spacial score (nSPS) is 15.2. The van der Waals surface area contributed by atoms with Crippen LogP contribution in [-0.2, 0) is 16.3 Å². The molecule has 0 aliphatic carbocycles. The average molecular weight is 307 g/mol. The second-order valence-electron chi connectivity index (χ2n) is 4.48. The van der Waals surface area contributed by atoms with Crippen LogP contribution < -0.4 is 4.74 Å². The molecular weight excluding hydrogens is 294 g/mol. The van der Waals surface area contributed by atoms with Crippen LogP contribution in [0.15, 0.2) is 34.0 Å². The van der Waals surface area contributed by atoms with Crippen LogP contribution in [0.3, 0.4) is 0 Å². The van der Waals surface area contributed by atoms with Gasteiger partial charge in [-0.2, -0.15) is 0 Å². The van der Waals surface area contributed by atoms with Gasteiger partial charge in [0.05, 0.1) is 22.7 Å². The molecule has 6 heteroatoms. The zero-order valence-corrected chi connectivity index (χ0v) is 12.5. The first kappa shape index (κ1) is 13.3. The summed E-state index contributed by atoms with van der Waals surface area (Å²) in [4.78, 5) is 5.71. The molecule has 0 fully saturated rings. The molecule has 0 N–H and O–H groups in total. The van der Waals surface area contributed by atoms with Gasteiger partial charge in [0, 0.05) is 22.3 Å². The van der Waals surface area contributed by atoms with E-state index in [2.05, 4.69) is 4.98 Å². The fourth-order valence-electron chi connectivity index (χ4n) is 2.11. The molecule has 1 aliphatic heterocycles. The van der Waals surface area contributed by atoms with Crippen LogP contribution in [0.25, 0.3) is 6.08 Å². The van der Waals surface area contributed by atoms with E-state index in [0.717, 1.165) is 12.1 Å². The highest BCUT2D eigenvalue weighted by Gasteiger charge is 2.23. The first-order valence-electron chi connectivity index (χ1n) is 6.16. The van der Waals surface area contributed by atoms with Gasteiger partial charge in [0.15, 0.2) is 0 Å². The predicted molar refractivity (Wildman–Crippen MR) is 78.7 cm³/mol. The minimum absolute atomic E-state index is 0.323. The summed E-state index contributed by atoms with van der Waals surface area (Å²) < 4.78 is 29.3. The molecule has 104 valence electrons. The number of fused-ring (bicyclic) bond motifs is 1. The van der Waals surface area contributed by atoms with Gasteiger partial charge in [0.25, 0.3) is 0 Å². The first-order chi connectivity index (χ1) is 9.58. The number of nitrogens with zero attached hydrogens (tertiary/aromatic N) is 1. The Labute approximate surface area is 121 Å². The third kappa shape index (κ3) is 2.36. The lowest BCUT2D eigenvalue weighted by Crippen LogP contribution is -2.03. The van der Waals surface area contributed by atoms with Crippen LogP contribution >= 0.6 is 11.3 Å². The Morgan fingerprint density at radius 1 is 1.35 bits per heavy atom. The van der Waals surface area contributed by atoms with Gasteiger partial charge in [0.1, 0.15) is 5.75 Å². The van der Waals surface area contributed by atoms with Crippen molar-refractivity contribution in [1.29, 1.82) is 0 Å². The maximum atomic E-state index is 11.8. The summed E-state index contributed by atoms with van der Waals surface area (Å²) in [7, 11) is -3.27. The fraction of sp³-hybridized carbons (Fsp3) is 0.214. The van der Waals surface area contributed by atoms with Crippen LogP contribution in [0.1, 0.15) is 16.1 Å². The van der Waals surface area contributed by atoms with Crippen LogP contribution in [0.4, 0.5) is 0 Å². The maximum absolute atomic E-state index is 11.8. The topological polar surface area (TPSA) is 56.3 Å². The van der Waals surface area contributed by atoms with Crippen LogP contribution in [0.2, 0.25) is 0 Å². The molecule has 3 rings (SSSR count). The Hall–Kier alpha value is -1.66. The molecule has 0 unspecified atom stereocenters. The molecule has 0 saturated heterocycles. The number of hydrogen-bond donors (Lipinski definition) is 0. The van der Waals surface area contributed by atoms with Crippen LogP contribution in [0, 0.1) is 6.92 Å². The highest BCUT2D eigenvalue weighted by molar-refractivity contribution is 7.94. The third-order valence-corrected chi connectivity index (χ3v) is 5.64. The van der Waals surface area contributed by atoms with E-state index in [1.54, 1.807) is 35.6 Å². The Morgan fingerprint density at radius 3 is 2.95 bits per heavy atom. The van der Waals surface area contributed by atoms with E-state index in [1.165, 1.54) is 10.3 Å². The van der Waals surface area contributed by atoms with Crippen LogP contribution in [-0.4, -0.2) is 20.0 Å². The lowest BCUT2D eigenvalue weighted by atomic mass is 10.2. The number of thiazole rings is 1. The van der Waals surface area contributed by atoms with Crippen molar-refractivity contribution in [3.63, 3.8) is 0 Å². The van der Waals surface area contributed by atoms with Gasteiger partial charge in [0.2, 0.25) is 9.84 Å². The van der Waals surface area contributed by atoms with Gasteiger partial charge in [-0.1, -0.05) is 6.07 Å². The lowest BCUT2D eigenvalue weighted by molar-refractivity contribution is 0.321. The summed E-state index contributed by atoms with van der Waals surface area (Å²) in [6, 6.07) is 5.10. The largest absolute Gasteiger partial charge is 0.493 e. The molecule has 20 heavy (non-hydrogen) atoms. The minimum Gasteiger partial charge on any atom is -0.493 e. The highest BCUT2D eigenvalue weighted by atomic mass is 32.2. The molecule has 1 aliphatic rings. The SMILES string of the molecule is Cc1ncsc1CCOc1cccc2c1C=CS2(=O)=O. The summed E-state index contributed by atoms with van der Waals surface area (Å²) >= 11 is 1.61. The molecule has 2 heterocycles. The summed E-state index contributed by atoms with van der Waals surface area (Å²) in [5, 5.41) is 1.22. The minimum atomic E-state index is -3.27. The standard InChI is InChI=1S/C14H13NO3S2/c1-10-13(19-9-15-10)5-7-18-12-3-2-4-14-11(12)6-8-20(14,16)17/h2-4,6,8-9H,5,7H2,1H3. The van der Waals surface area contributed by atoms with Gasteiger partial charge >= 0.3 is 0 Å². The van der Waals surface area contributed by atoms with Gasteiger partial charge in [-0.05, 0) is 25.1 Å². The number of hydrogen-bond acceptors (Lipinski definition) is 5. The molecule has 0 bridgehead atoms. The number of ether oxygens (including phenoxy) is 1. The maximum Gasteiger partial charge on any atom is 0.200 e. The molecule has 2 aromatic rings. The fourth-order valence-corrected chi connectivity index (χ4v) is 4.08. The Kier molecular flexibility index (Phi) is 3.35. The molecule has 4 nitrogen and oxygen atoms in total. The summed E-state index contributed by atoms with van der Waals surface area (Å²) in [5.74, 6) is 0.613. The van der Waals surface area contributed by atoms with E-state index >= 15 is 0 Å². The van der Waals surface area contributed by atoms with E-state index in [-0.39, 0.29) is 0 Å². The highest BCUT2D eigenvalue weighted by Crippen LogP contribution is 2.33. The molecule has 0 radical (unpaired) electrons. The number of benzene rings is 1. The van der Waals surface area contributed by atoms with Crippen molar-refractivity contribution >= 4 is 27.3 Å². The van der Waals surface area contributed by atoms with Crippen LogP contribution in [0.5, 0.6) is 5.75 Å². The van der Waals surface area contributed by atoms with E-state index in [1.807, 2.05) is 12.4 Å². The monoisotopic (exact) mass is 307 g/mol. The van der Waals surface area contributed by atoms with Gasteiger partial charge < -0.3 is 4.74 Å². The van der Waals surface area contributed by atoms with E-state index in [9.17, 15) is 8.42 Å². The van der Waals surface area contributed by atoms with Crippen molar-refractivity contribution in [2.45, 2.75) is 18.2 Å².